The van der Waals surface area contributed by atoms with E-state index in [0.717, 1.165) is 6.26 Å². The molecule has 0 bridgehead atoms. The fraction of sp³-hybridized carbons (Fsp3) is 0.900. The summed E-state index contributed by atoms with van der Waals surface area (Å²) in [5, 5.41) is -0.530. The molecule has 0 amide bonds. The van der Waals surface area contributed by atoms with Crippen LogP contribution in [0.5, 0.6) is 0 Å². The fourth-order valence-electron chi connectivity index (χ4n) is 1.17. The van der Waals surface area contributed by atoms with Crippen LogP contribution in [0.3, 0.4) is 0 Å². The highest BCUT2D eigenvalue weighted by molar-refractivity contribution is 7.92. The van der Waals surface area contributed by atoms with Crippen LogP contribution in [0.15, 0.2) is 0 Å². The van der Waals surface area contributed by atoms with Crippen molar-refractivity contribution in [2.24, 2.45) is 5.73 Å². The molecule has 0 saturated carbocycles. The van der Waals surface area contributed by atoms with Crippen LogP contribution in [0.1, 0.15) is 26.7 Å². The summed E-state index contributed by atoms with van der Waals surface area (Å²) >= 11 is 0. The fourth-order valence-corrected chi connectivity index (χ4v) is 2.81. The lowest BCUT2D eigenvalue weighted by atomic mass is 10.1. The van der Waals surface area contributed by atoms with E-state index in [1.54, 1.807) is 13.8 Å². The molecule has 0 spiro atoms. The molecule has 0 aliphatic heterocycles. The summed E-state index contributed by atoms with van der Waals surface area (Å²) in [5.41, 5.74) is 5.52. The topological polar surface area (TPSA) is 111 Å². The molecule has 0 aromatic rings. The van der Waals surface area contributed by atoms with Gasteiger partial charge in [0.05, 0.1) is 22.8 Å². The standard InChI is InChI=1S/C10H21NO5S2/c1-8(2)18(15,16)7-5-10(12)9(11)4-6-17(3,13)14/h8-9H,4-7,11H2,1-3H3. The van der Waals surface area contributed by atoms with Crippen molar-refractivity contribution in [1.82, 2.24) is 0 Å². The highest BCUT2D eigenvalue weighted by Crippen LogP contribution is 2.05. The Balaban J connectivity index is 4.27. The first kappa shape index (κ1) is 17.5. The number of hydrogen-bond donors (Lipinski definition) is 1. The van der Waals surface area contributed by atoms with Crippen molar-refractivity contribution >= 4 is 25.5 Å². The summed E-state index contributed by atoms with van der Waals surface area (Å²) < 4.78 is 44.8. The van der Waals surface area contributed by atoms with Gasteiger partial charge in [0.2, 0.25) is 0 Å². The number of carbonyl (C=O) groups excluding carboxylic acids is 1. The molecule has 0 saturated heterocycles. The molecule has 0 radical (unpaired) electrons. The minimum Gasteiger partial charge on any atom is -0.321 e. The molecule has 2 N–H and O–H groups in total. The van der Waals surface area contributed by atoms with Gasteiger partial charge in [0, 0.05) is 12.7 Å². The van der Waals surface area contributed by atoms with Crippen LogP contribution in [-0.2, 0) is 24.5 Å². The van der Waals surface area contributed by atoms with Gasteiger partial charge in [0.15, 0.2) is 15.6 Å². The van der Waals surface area contributed by atoms with Crippen molar-refractivity contribution in [1.29, 1.82) is 0 Å². The van der Waals surface area contributed by atoms with Gasteiger partial charge in [-0.3, -0.25) is 4.79 Å². The van der Waals surface area contributed by atoms with Gasteiger partial charge < -0.3 is 5.73 Å². The molecule has 108 valence electrons. The predicted octanol–water partition coefficient (Wildman–Crippen LogP) is -0.469. The van der Waals surface area contributed by atoms with Gasteiger partial charge in [-0.05, 0) is 20.3 Å². The normalized spacial score (nSPS) is 14.7. The lowest BCUT2D eigenvalue weighted by molar-refractivity contribution is -0.119. The Morgan fingerprint density at radius 1 is 1.11 bits per heavy atom. The molecule has 0 aliphatic rings. The Bertz CT molecular complexity index is 478. The Morgan fingerprint density at radius 3 is 2.00 bits per heavy atom. The Kier molecular flexibility index (Phi) is 6.45. The number of carbonyl (C=O) groups is 1. The van der Waals surface area contributed by atoms with E-state index in [4.69, 9.17) is 5.73 Å². The van der Waals surface area contributed by atoms with E-state index in [1.807, 2.05) is 0 Å². The average molecular weight is 299 g/mol. The van der Waals surface area contributed by atoms with Gasteiger partial charge in [0.25, 0.3) is 0 Å². The third kappa shape index (κ3) is 7.07. The third-order valence-corrected chi connectivity index (χ3v) is 5.75. The first-order valence-corrected chi connectivity index (χ1v) is 9.41. The zero-order chi connectivity index (χ0) is 14.6. The zero-order valence-corrected chi connectivity index (χ0v) is 12.6. The van der Waals surface area contributed by atoms with Crippen molar-refractivity contribution in [3.63, 3.8) is 0 Å². The molecule has 18 heavy (non-hydrogen) atoms. The number of ketones is 1. The van der Waals surface area contributed by atoms with E-state index < -0.39 is 36.7 Å². The van der Waals surface area contributed by atoms with Crippen LogP contribution in [0.2, 0.25) is 0 Å². The van der Waals surface area contributed by atoms with E-state index in [-0.39, 0.29) is 24.3 Å². The molecule has 0 aromatic heterocycles. The van der Waals surface area contributed by atoms with Gasteiger partial charge in [-0.15, -0.1) is 0 Å². The number of hydrogen-bond acceptors (Lipinski definition) is 6. The molecule has 1 unspecified atom stereocenters. The minimum absolute atomic E-state index is 0.0272. The minimum atomic E-state index is -3.26. The monoisotopic (exact) mass is 299 g/mol. The van der Waals surface area contributed by atoms with Crippen LogP contribution in [0.25, 0.3) is 0 Å². The van der Waals surface area contributed by atoms with Crippen molar-refractivity contribution < 1.29 is 21.6 Å². The molecular weight excluding hydrogens is 278 g/mol. The van der Waals surface area contributed by atoms with E-state index in [0.29, 0.717) is 0 Å². The highest BCUT2D eigenvalue weighted by atomic mass is 32.2. The van der Waals surface area contributed by atoms with E-state index in [1.165, 1.54) is 0 Å². The van der Waals surface area contributed by atoms with Crippen molar-refractivity contribution in [2.75, 3.05) is 17.8 Å². The molecule has 0 fully saturated rings. The summed E-state index contributed by atoms with van der Waals surface area (Å²) in [4.78, 5) is 11.5. The second-order valence-corrected chi connectivity index (χ2v) is 9.59. The Labute approximate surface area is 109 Å². The largest absolute Gasteiger partial charge is 0.321 e. The van der Waals surface area contributed by atoms with E-state index >= 15 is 0 Å². The molecule has 0 rings (SSSR count). The summed E-state index contributed by atoms with van der Waals surface area (Å²) in [5.74, 6) is -0.824. The van der Waals surface area contributed by atoms with E-state index in [2.05, 4.69) is 0 Å². The quantitative estimate of drug-likeness (QED) is 0.648. The zero-order valence-electron chi connectivity index (χ0n) is 10.9. The number of rotatable bonds is 8. The van der Waals surface area contributed by atoms with Crippen LogP contribution >= 0.6 is 0 Å². The summed E-state index contributed by atoms with van der Waals surface area (Å²) in [7, 11) is -6.42. The maximum Gasteiger partial charge on any atom is 0.153 e. The Hall–Kier alpha value is -0.470. The molecular formula is C10H21NO5S2. The molecule has 8 heteroatoms. The van der Waals surface area contributed by atoms with Crippen molar-refractivity contribution in [3.8, 4) is 0 Å². The predicted molar refractivity (Wildman–Crippen MR) is 70.9 cm³/mol. The van der Waals surface area contributed by atoms with Crippen LogP contribution in [0.4, 0.5) is 0 Å². The van der Waals surface area contributed by atoms with Gasteiger partial charge >= 0.3 is 0 Å². The maximum atomic E-state index is 11.5. The van der Waals surface area contributed by atoms with Crippen LogP contribution in [0, 0.1) is 0 Å². The molecule has 1 atom stereocenters. The van der Waals surface area contributed by atoms with Crippen molar-refractivity contribution in [2.45, 2.75) is 38.0 Å². The number of sulfone groups is 2. The lowest BCUT2D eigenvalue weighted by Gasteiger charge is -2.11. The first-order valence-electron chi connectivity index (χ1n) is 5.63. The average Bonchev–Trinajstić information content (AvgIpc) is 2.21. The van der Waals surface area contributed by atoms with Gasteiger partial charge in [0.1, 0.15) is 9.84 Å². The number of Topliss-reactive ketones (excluding diaryl/α,β-unsaturated/α-hetero) is 1. The molecule has 0 aliphatic carbocycles. The Morgan fingerprint density at radius 2 is 1.61 bits per heavy atom. The second kappa shape index (κ2) is 6.63. The lowest BCUT2D eigenvalue weighted by Crippen LogP contribution is -2.34. The first-order chi connectivity index (χ1) is 7.96. The summed E-state index contributed by atoms with van der Waals surface area (Å²) in [6.07, 6.45) is 0.929. The summed E-state index contributed by atoms with van der Waals surface area (Å²) in [6, 6.07) is -0.915. The van der Waals surface area contributed by atoms with Crippen molar-refractivity contribution in [3.05, 3.63) is 0 Å². The second-order valence-electron chi connectivity index (χ2n) is 4.66. The molecule has 0 heterocycles. The number of nitrogens with two attached hydrogens (primary N) is 1. The van der Waals surface area contributed by atoms with E-state index in [9.17, 15) is 21.6 Å². The van der Waals surface area contributed by atoms with Gasteiger partial charge in [-0.1, -0.05) is 0 Å². The smallest absolute Gasteiger partial charge is 0.153 e. The van der Waals surface area contributed by atoms with Gasteiger partial charge in [-0.2, -0.15) is 0 Å². The SMILES string of the molecule is CC(C)S(=O)(=O)CCC(=O)C(N)CCS(C)(=O)=O. The molecule has 6 nitrogen and oxygen atoms in total. The third-order valence-electron chi connectivity index (χ3n) is 2.56. The summed E-state index contributed by atoms with van der Waals surface area (Å²) in [6.45, 7) is 3.09. The highest BCUT2D eigenvalue weighted by Gasteiger charge is 2.21. The molecule has 0 aromatic carbocycles. The maximum absolute atomic E-state index is 11.5. The van der Waals surface area contributed by atoms with Crippen LogP contribution < -0.4 is 5.73 Å². The van der Waals surface area contributed by atoms with Gasteiger partial charge in [-0.25, -0.2) is 16.8 Å². The van der Waals surface area contributed by atoms with Crippen LogP contribution in [-0.4, -0.2) is 51.7 Å².